The van der Waals surface area contributed by atoms with Crippen LogP contribution in [0.3, 0.4) is 0 Å². The van der Waals surface area contributed by atoms with Crippen LogP contribution in [0, 0.1) is 0 Å². The van der Waals surface area contributed by atoms with Gasteiger partial charge >= 0.3 is 5.97 Å². The molecule has 2 aromatic rings. The van der Waals surface area contributed by atoms with Gasteiger partial charge in [0.2, 0.25) is 0 Å². The number of aromatic nitrogens is 1. The van der Waals surface area contributed by atoms with Crippen LogP contribution in [0.25, 0.3) is 0 Å². The van der Waals surface area contributed by atoms with E-state index in [0.29, 0.717) is 5.69 Å². The number of nitrogens with one attached hydrogen (secondary N) is 1. The molecule has 0 aliphatic rings. The van der Waals surface area contributed by atoms with Crippen molar-refractivity contribution in [2.24, 2.45) is 0 Å². The van der Waals surface area contributed by atoms with E-state index in [1.807, 2.05) is 31.2 Å². The van der Waals surface area contributed by atoms with Crippen LogP contribution in [-0.4, -0.2) is 16.1 Å². The van der Waals surface area contributed by atoms with Crippen molar-refractivity contribution in [2.75, 3.05) is 5.32 Å². The van der Waals surface area contributed by atoms with Crippen LogP contribution in [0.2, 0.25) is 0 Å². The summed E-state index contributed by atoms with van der Waals surface area (Å²) in [6.07, 6.45) is 3.00. The van der Waals surface area contributed by atoms with Gasteiger partial charge in [-0.1, -0.05) is 28.1 Å². The number of carboxylic acid groups (broad SMARTS) is 1. The Hall–Kier alpha value is -1.88. The molecule has 0 bridgehead atoms. The fourth-order valence-electron chi connectivity index (χ4n) is 1.76. The van der Waals surface area contributed by atoms with E-state index < -0.39 is 5.97 Å². The van der Waals surface area contributed by atoms with Crippen LogP contribution in [0.1, 0.15) is 28.9 Å². The molecule has 2 rings (SSSR count). The highest BCUT2D eigenvalue weighted by Gasteiger charge is 2.12. The number of hydrogen-bond acceptors (Lipinski definition) is 3. The second-order valence-electron chi connectivity index (χ2n) is 4.14. The number of aromatic carboxylic acids is 1. The second-order valence-corrected chi connectivity index (χ2v) is 5.06. The summed E-state index contributed by atoms with van der Waals surface area (Å²) >= 11 is 3.38. The molecule has 0 saturated carbocycles. The summed E-state index contributed by atoms with van der Waals surface area (Å²) in [5.41, 5.74) is 1.81. The minimum absolute atomic E-state index is 0.00426. The molecule has 4 nitrogen and oxygen atoms in total. The molecule has 0 fully saturated rings. The Morgan fingerprint density at radius 1 is 1.32 bits per heavy atom. The monoisotopic (exact) mass is 320 g/mol. The van der Waals surface area contributed by atoms with E-state index in [4.69, 9.17) is 5.11 Å². The topological polar surface area (TPSA) is 62.2 Å². The number of nitrogens with zero attached hydrogens (tertiary/aromatic N) is 1. The van der Waals surface area contributed by atoms with E-state index in [-0.39, 0.29) is 11.6 Å². The molecule has 5 heteroatoms. The van der Waals surface area contributed by atoms with Crippen LogP contribution in [0.5, 0.6) is 0 Å². The summed E-state index contributed by atoms with van der Waals surface area (Å²) in [5.74, 6) is -0.965. The Morgan fingerprint density at radius 2 is 2.00 bits per heavy atom. The van der Waals surface area contributed by atoms with Gasteiger partial charge in [-0.15, -0.1) is 0 Å². The molecular formula is C14H13BrN2O2. The van der Waals surface area contributed by atoms with Gasteiger partial charge in [-0.25, -0.2) is 4.79 Å². The smallest absolute Gasteiger partial charge is 0.337 e. The summed E-state index contributed by atoms with van der Waals surface area (Å²) < 4.78 is 1.01. The molecule has 0 saturated heterocycles. The summed E-state index contributed by atoms with van der Waals surface area (Å²) in [4.78, 5) is 15.1. The van der Waals surface area contributed by atoms with Gasteiger partial charge in [0.05, 0.1) is 17.4 Å². The summed E-state index contributed by atoms with van der Waals surface area (Å²) in [6, 6.07) is 9.36. The van der Waals surface area contributed by atoms with Crippen LogP contribution in [-0.2, 0) is 0 Å². The van der Waals surface area contributed by atoms with E-state index >= 15 is 0 Å². The second kappa shape index (κ2) is 5.84. The number of benzene rings is 1. The number of hydrogen-bond donors (Lipinski definition) is 2. The Balaban J connectivity index is 2.21. The first kappa shape index (κ1) is 13.5. The zero-order valence-corrected chi connectivity index (χ0v) is 11.9. The first-order valence-corrected chi connectivity index (χ1v) is 6.56. The number of carbonyl (C=O) groups is 1. The Bertz CT molecular complexity index is 584. The minimum atomic E-state index is -0.965. The van der Waals surface area contributed by atoms with E-state index in [2.05, 4.69) is 26.2 Å². The maximum atomic E-state index is 11.1. The number of pyridine rings is 1. The molecule has 0 aliphatic heterocycles. The number of carboxylic acids is 1. The van der Waals surface area contributed by atoms with Gasteiger partial charge in [0.15, 0.2) is 0 Å². The first-order valence-electron chi connectivity index (χ1n) is 5.77. The minimum Gasteiger partial charge on any atom is -0.478 e. The third-order valence-corrected chi connectivity index (χ3v) is 3.32. The van der Waals surface area contributed by atoms with Crippen LogP contribution in [0.15, 0.2) is 47.2 Å². The molecule has 0 radical (unpaired) electrons. The summed E-state index contributed by atoms with van der Waals surface area (Å²) in [6.45, 7) is 1.97. The van der Waals surface area contributed by atoms with E-state index in [0.717, 1.165) is 10.0 Å². The van der Waals surface area contributed by atoms with Gasteiger partial charge in [0.25, 0.3) is 0 Å². The van der Waals surface area contributed by atoms with Crippen LogP contribution < -0.4 is 5.32 Å². The van der Waals surface area contributed by atoms with Crippen molar-refractivity contribution in [1.29, 1.82) is 0 Å². The van der Waals surface area contributed by atoms with E-state index in [9.17, 15) is 4.79 Å². The van der Waals surface area contributed by atoms with E-state index in [1.54, 1.807) is 0 Å². The lowest BCUT2D eigenvalue weighted by molar-refractivity contribution is 0.0698. The molecular weight excluding hydrogens is 308 g/mol. The normalized spacial score (nSPS) is 11.9. The van der Waals surface area contributed by atoms with Crippen LogP contribution in [0.4, 0.5) is 5.69 Å². The molecule has 0 amide bonds. The number of halogens is 1. The Labute approximate surface area is 119 Å². The molecule has 2 N–H and O–H groups in total. The predicted molar refractivity (Wildman–Crippen MR) is 77.4 cm³/mol. The lowest BCUT2D eigenvalue weighted by atomic mass is 10.1. The van der Waals surface area contributed by atoms with Crippen LogP contribution >= 0.6 is 15.9 Å². The maximum Gasteiger partial charge on any atom is 0.337 e. The highest BCUT2D eigenvalue weighted by atomic mass is 79.9. The van der Waals surface area contributed by atoms with Crippen molar-refractivity contribution in [3.8, 4) is 0 Å². The Kier molecular flexibility index (Phi) is 4.16. The van der Waals surface area contributed by atoms with Crippen molar-refractivity contribution in [1.82, 2.24) is 4.98 Å². The maximum absolute atomic E-state index is 11.1. The first-order chi connectivity index (χ1) is 9.08. The molecule has 98 valence electrons. The third-order valence-electron chi connectivity index (χ3n) is 2.79. The van der Waals surface area contributed by atoms with Gasteiger partial charge in [0, 0.05) is 16.7 Å². The highest BCUT2D eigenvalue weighted by Crippen LogP contribution is 2.23. The average Bonchev–Trinajstić information content (AvgIpc) is 2.39. The highest BCUT2D eigenvalue weighted by molar-refractivity contribution is 9.10. The molecule has 0 spiro atoms. The van der Waals surface area contributed by atoms with Gasteiger partial charge < -0.3 is 10.4 Å². The van der Waals surface area contributed by atoms with Crippen molar-refractivity contribution < 1.29 is 9.90 Å². The quantitative estimate of drug-likeness (QED) is 0.901. The molecule has 1 atom stereocenters. The zero-order chi connectivity index (χ0) is 13.8. The number of anilines is 1. The average molecular weight is 321 g/mol. The standard InChI is InChI=1S/C14H13BrN2O2/c1-9(10-2-4-11(15)5-3-10)17-13-8-16-7-6-12(13)14(18)19/h2-9,17H,1H3,(H,18,19). The van der Waals surface area contributed by atoms with Gasteiger partial charge in [-0.3, -0.25) is 4.98 Å². The van der Waals surface area contributed by atoms with Gasteiger partial charge in [-0.2, -0.15) is 0 Å². The predicted octanol–water partition coefficient (Wildman–Crippen LogP) is 3.72. The lowest BCUT2D eigenvalue weighted by Gasteiger charge is -2.17. The van der Waals surface area contributed by atoms with E-state index in [1.165, 1.54) is 18.5 Å². The molecule has 1 unspecified atom stereocenters. The molecule has 1 aromatic carbocycles. The fourth-order valence-corrected chi connectivity index (χ4v) is 2.03. The largest absolute Gasteiger partial charge is 0.478 e. The zero-order valence-electron chi connectivity index (χ0n) is 10.3. The molecule has 1 aromatic heterocycles. The lowest BCUT2D eigenvalue weighted by Crippen LogP contribution is -2.11. The SMILES string of the molecule is CC(Nc1cnccc1C(=O)O)c1ccc(Br)cc1. The van der Waals surface area contributed by atoms with Crippen molar-refractivity contribution >= 4 is 27.6 Å². The molecule has 1 heterocycles. The molecule has 0 aliphatic carbocycles. The number of rotatable bonds is 4. The third kappa shape index (κ3) is 3.32. The Morgan fingerprint density at radius 3 is 2.63 bits per heavy atom. The van der Waals surface area contributed by atoms with Gasteiger partial charge in [0.1, 0.15) is 0 Å². The fraction of sp³-hybridized carbons (Fsp3) is 0.143. The summed E-state index contributed by atoms with van der Waals surface area (Å²) in [7, 11) is 0. The van der Waals surface area contributed by atoms with Crippen molar-refractivity contribution in [3.63, 3.8) is 0 Å². The van der Waals surface area contributed by atoms with Crippen molar-refractivity contribution in [3.05, 3.63) is 58.3 Å². The van der Waals surface area contributed by atoms with Gasteiger partial charge in [-0.05, 0) is 30.7 Å². The summed E-state index contributed by atoms with van der Waals surface area (Å²) in [5, 5.41) is 12.3. The molecule has 19 heavy (non-hydrogen) atoms. The van der Waals surface area contributed by atoms with Crippen molar-refractivity contribution in [2.45, 2.75) is 13.0 Å².